The van der Waals surface area contributed by atoms with Crippen LogP contribution in [0.15, 0.2) is 23.9 Å². The summed E-state index contributed by atoms with van der Waals surface area (Å²) in [4.78, 5) is 22.4. The Morgan fingerprint density at radius 1 is 1.17 bits per heavy atom. The fraction of sp³-hybridized carbons (Fsp3) is 0.333. The van der Waals surface area contributed by atoms with Gasteiger partial charge in [-0.25, -0.2) is 22.8 Å². The van der Waals surface area contributed by atoms with Gasteiger partial charge in [-0.15, -0.1) is 0 Å². The molecular weight excluding hydrogens is 315 g/mol. The molecule has 0 bridgehead atoms. The number of carbonyl (C=O) groups excluding carboxylic acids is 1. The standard InChI is InChI=1S/C15H16F3NO4/c1-15(2,3)23-14(22)19-9(6-13(20)21)4-8-5-11(17)12(18)7-10(8)16/h5-7H,4H2,1-3H3,(H,19,22)(H,20,21). The highest BCUT2D eigenvalue weighted by Crippen LogP contribution is 2.17. The molecule has 0 aliphatic carbocycles. The van der Waals surface area contributed by atoms with E-state index in [1.807, 2.05) is 0 Å². The summed E-state index contributed by atoms with van der Waals surface area (Å²) in [6.07, 6.45) is -0.799. The molecule has 1 aromatic carbocycles. The van der Waals surface area contributed by atoms with Crippen LogP contribution >= 0.6 is 0 Å². The zero-order valence-electron chi connectivity index (χ0n) is 12.7. The van der Waals surface area contributed by atoms with Crippen molar-refractivity contribution in [3.8, 4) is 0 Å². The van der Waals surface area contributed by atoms with Crippen LogP contribution in [0.3, 0.4) is 0 Å². The number of amides is 1. The van der Waals surface area contributed by atoms with Gasteiger partial charge in [-0.1, -0.05) is 0 Å². The smallest absolute Gasteiger partial charge is 0.411 e. The maximum Gasteiger partial charge on any atom is 0.411 e. The Bertz CT molecular complexity index is 651. The van der Waals surface area contributed by atoms with Crippen molar-refractivity contribution in [3.05, 3.63) is 46.9 Å². The SMILES string of the molecule is CC(C)(C)OC(=O)NC(=CC(=O)O)Cc1cc(F)c(F)cc1F. The molecule has 0 aromatic heterocycles. The van der Waals surface area contributed by atoms with E-state index in [9.17, 15) is 22.8 Å². The molecule has 0 radical (unpaired) electrons. The molecule has 0 fully saturated rings. The highest BCUT2D eigenvalue weighted by atomic mass is 19.2. The summed E-state index contributed by atoms with van der Waals surface area (Å²) in [5.74, 6) is -5.12. The molecule has 0 spiro atoms. The molecule has 23 heavy (non-hydrogen) atoms. The van der Waals surface area contributed by atoms with Gasteiger partial charge in [0.15, 0.2) is 11.6 Å². The van der Waals surface area contributed by atoms with E-state index < -0.39 is 41.5 Å². The van der Waals surface area contributed by atoms with Gasteiger partial charge in [0.2, 0.25) is 0 Å². The minimum absolute atomic E-state index is 0.239. The average molecular weight is 331 g/mol. The summed E-state index contributed by atoms with van der Waals surface area (Å²) >= 11 is 0. The van der Waals surface area contributed by atoms with Gasteiger partial charge >= 0.3 is 12.1 Å². The van der Waals surface area contributed by atoms with Crippen molar-refractivity contribution in [2.75, 3.05) is 0 Å². The van der Waals surface area contributed by atoms with E-state index in [1.54, 1.807) is 20.8 Å². The fourth-order valence-corrected chi connectivity index (χ4v) is 1.62. The number of rotatable bonds is 4. The van der Waals surface area contributed by atoms with Crippen LogP contribution in [0.5, 0.6) is 0 Å². The molecule has 2 N–H and O–H groups in total. The Morgan fingerprint density at radius 2 is 1.74 bits per heavy atom. The third-order valence-electron chi connectivity index (χ3n) is 2.43. The van der Waals surface area contributed by atoms with Crippen LogP contribution in [0.25, 0.3) is 0 Å². The summed E-state index contributed by atoms with van der Waals surface area (Å²) < 4.78 is 44.6. The third kappa shape index (κ3) is 6.41. The molecule has 0 heterocycles. The second-order valence-electron chi connectivity index (χ2n) is 5.67. The van der Waals surface area contributed by atoms with Crippen molar-refractivity contribution < 1.29 is 32.6 Å². The van der Waals surface area contributed by atoms with Crippen molar-refractivity contribution in [1.29, 1.82) is 0 Å². The lowest BCUT2D eigenvalue weighted by Gasteiger charge is -2.20. The molecule has 0 saturated carbocycles. The number of benzene rings is 1. The van der Waals surface area contributed by atoms with Crippen molar-refractivity contribution in [2.45, 2.75) is 32.8 Å². The lowest BCUT2D eigenvalue weighted by Crippen LogP contribution is -2.33. The molecule has 0 saturated heterocycles. The molecule has 126 valence electrons. The molecule has 1 amide bonds. The minimum atomic E-state index is -1.40. The molecule has 0 aliphatic rings. The molecule has 0 unspecified atom stereocenters. The normalized spacial score (nSPS) is 12.0. The second kappa shape index (κ2) is 7.17. The first-order valence-corrected chi connectivity index (χ1v) is 6.55. The Hall–Kier alpha value is -2.51. The number of halogens is 3. The predicted molar refractivity (Wildman–Crippen MR) is 75.1 cm³/mol. The summed E-state index contributed by atoms with van der Waals surface area (Å²) in [7, 11) is 0. The van der Waals surface area contributed by atoms with Gasteiger partial charge in [0.1, 0.15) is 11.4 Å². The number of aliphatic carboxylic acids is 1. The van der Waals surface area contributed by atoms with Crippen LogP contribution in [-0.4, -0.2) is 22.8 Å². The predicted octanol–water partition coefficient (Wildman–Crippen LogP) is 3.14. The molecule has 0 atom stereocenters. The minimum Gasteiger partial charge on any atom is -0.478 e. The number of hydrogen-bond acceptors (Lipinski definition) is 3. The van der Waals surface area contributed by atoms with Crippen molar-refractivity contribution in [2.24, 2.45) is 0 Å². The second-order valence-corrected chi connectivity index (χ2v) is 5.67. The van der Waals surface area contributed by atoms with Crippen LogP contribution in [-0.2, 0) is 16.0 Å². The van der Waals surface area contributed by atoms with E-state index in [4.69, 9.17) is 9.84 Å². The molecule has 8 heteroatoms. The van der Waals surface area contributed by atoms with Gasteiger partial charge in [0.05, 0.1) is 0 Å². The van der Waals surface area contributed by atoms with E-state index in [1.165, 1.54) is 0 Å². The lowest BCUT2D eigenvalue weighted by atomic mass is 10.1. The summed E-state index contributed by atoms with van der Waals surface area (Å²) in [5.41, 5.74) is -1.38. The van der Waals surface area contributed by atoms with E-state index in [2.05, 4.69) is 5.32 Å². The molecule has 5 nitrogen and oxygen atoms in total. The van der Waals surface area contributed by atoms with Gasteiger partial charge in [0, 0.05) is 24.3 Å². The van der Waals surface area contributed by atoms with Crippen LogP contribution < -0.4 is 5.32 Å². The van der Waals surface area contributed by atoms with Crippen molar-refractivity contribution >= 4 is 12.1 Å². The quantitative estimate of drug-likeness (QED) is 0.656. The van der Waals surface area contributed by atoms with Crippen LogP contribution in [0.2, 0.25) is 0 Å². The van der Waals surface area contributed by atoms with Gasteiger partial charge in [0.25, 0.3) is 0 Å². The van der Waals surface area contributed by atoms with Gasteiger partial charge in [-0.2, -0.15) is 0 Å². The monoisotopic (exact) mass is 331 g/mol. The number of allylic oxidation sites excluding steroid dienone is 1. The topological polar surface area (TPSA) is 75.6 Å². The highest BCUT2D eigenvalue weighted by Gasteiger charge is 2.19. The van der Waals surface area contributed by atoms with E-state index >= 15 is 0 Å². The van der Waals surface area contributed by atoms with Gasteiger partial charge in [-0.05, 0) is 32.4 Å². The van der Waals surface area contributed by atoms with Gasteiger partial charge in [-0.3, -0.25) is 5.32 Å². The number of carboxylic acids is 1. The van der Waals surface area contributed by atoms with Crippen molar-refractivity contribution in [3.63, 3.8) is 0 Å². The maximum atomic E-state index is 13.6. The fourth-order valence-electron chi connectivity index (χ4n) is 1.62. The number of nitrogens with one attached hydrogen (secondary N) is 1. The summed E-state index contributed by atoms with van der Waals surface area (Å²) in [6, 6.07) is 0.938. The first-order chi connectivity index (χ1) is 10.5. The Morgan fingerprint density at radius 3 is 2.26 bits per heavy atom. The number of alkyl carbamates (subject to hydrolysis) is 1. The average Bonchev–Trinajstić information content (AvgIpc) is 2.32. The van der Waals surface area contributed by atoms with E-state index in [-0.39, 0.29) is 11.3 Å². The van der Waals surface area contributed by atoms with E-state index in [0.29, 0.717) is 18.2 Å². The van der Waals surface area contributed by atoms with Gasteiger partial charge < -0.3 is 9.84 Å². The molecule has 1 aromatic rings. The molecule has 0 aliphatic heterocycles. The largest absolute Gasteiger partial charge is 0.478 e. The summed E-state index contributed by atoms with van der Waals surface area (Å²) in [5, 5.41) is 10.9. The zero-order valence-corrected chi connectivity index (χ0v) is 12.7. The first kappa shape index (κ1) is 18.5. The van der Waals surface area contributed by atoms with Crippen LogP contribution in [0.4, 0.5) is 18.0 Å². The Labute approximate surface area is 130 Å². The Balaban J connectivity index is 2.99. The third-order valence-corrected chi connectivity index (χ3v) is 2.43. The molecular formula is C15H16F3NO4. The number of carbonyl (C=O) groups is 2. The maximum absolute atomic E-state index is 13.6. The Kier molecular flexibility index (Phi) is 5.78. The zero-order chi connectivity index (χ0) is 17.8. The number of hydrogen-bond donors (Lipinski definition) is 2. The summed E-state index contributed by atoms with van der Waals surface area (Å²) in [6.45, 7) is 4.80. The van der Waals surface area contributed by atoms with Crippen LogP contribution in [0, 0.1) is 17.5 Å². The van der Waals surface area contributed by atoms with Crippen molar-refractivity contribution in [1.82, 2.24) is 5.32 Å². The van der Waals surface area contributed by atoms with Crippen LogP contribution in [0.1, 0.15) is 26.3 Å². The first-order valence-electron chi connectivity index (χ1n) is 6.55. The molecule has 1 rings (SSSR count). The highest BCUT2D eigenvalue weighted by molar-refractivity contribution is 5.82. The number of ether oxygens (including phenoxy) is 1. The lowest BCUT2D eigenvalue weighted by molar-refractivity contribution is -0.131. The van der Waals surface area contributed by atoms with E-state index in [0.717, 1.165) is 0 Å². The number of carboxylic acid groups (broad SMARTS) is 1.